The van der Waals surface area contributed by atoms with Gasteiger partial charge in [-0.05, 0) is 105 Å². The summed E-state index contributed by atoms with van der Waals surface area (Å²) in [4.78, 5) is 0. The first-order valence-electron chi connectivity index (χ1n) is 21.9. The van der Waals surface area contributed by atoms with E-state index in [1.54, 1.807) is 14.2 Å². The number of hydrogen-bond donors (Lipinski definition) is 1. The van der Waals surface area contributed by atoms with Gasteiger partial charge in [-0.1, -0.05) is 96.1 Å². The summed E-state index contributed by atoms with van der Waals surface area (Å²) in [5, 5.41) is 21.5. The Bertz CT molecular complexity index is 1810. The van der Waals surface area contributed by atoms with Gasteiger partial charge in [0.25, 0.3) is 8.53 Å². The largest absolute Gasteiger partial charge is 0.497 e. The molecule has 0 radical (unpaired) electrons. The highest BCUT2D eigenvalue weighted by Crippen LogP contribution is 2.52. The van der Waals surface area contributed by atoms with E-state index in [9.17, 15) is 10.4 Å². The lowest BCUT2D eigenvalue weighted by Gasteiger charge is -2.52. The van der Waals surface area contributed by atoms with Crippen molar-refractivity contribution >= 4 is 25.2 Å². The lowest BCUT2D eigenvalue weighted by Crippen LogP contribution is -2.66. The van der Waals surface area contributed by atoms with Gasteiger partial charge in [0.15, 0.2) is 22.9 Å². The number of aliphatic hydroxyl groups excluding tert-OH is 1. The van der Waals surface area contributed by atoms with Crippen LogP contribution < -0.4 is 9.47 Å². The van der Waals surface area contributed by atoms with Gasteiger partial charge >= 0.3 is 0 Å². The smallest absolute Gasteiger partial charge is 0.259 e. The first-order chi connectivity index (χ1) is 28.9. The number of benzene rings is 3. The Morgan fingerprint density at radius 2 is 1.16 bits per heavy atom. The van der Waals surface area contributed by atoms with Crippen LogP contribution in [0.25, 0.3) is 0 Å². The van der Waals surface area contributed by atoms with Crippen molar-refractivity contribution in [1.82, 2.24) is 4.67 Å². The van der Waals surface area contributed by atoms with Crippen LogP contribution in [0.5, 0.6) is 11.5 Å². The van der Waals surface area contributed by atoms with Crippen molar-refractivity contribution in [3.8, 4) is 17.6 Å². The van der Waals surface area contributed by atoms with Crippen molar-refractivity contribution in [2.24, 2.45) is 0 Å². The summed E-state index contributed by atoms with van der Waals surface area (Å²) in [6.45, 7) is 30.5. The number of nitriles is 1. The van der Waals surface area contributed by atoms with Crippen LogP contribution in [0.15, 0.2) is 78.9 Å². The molecule has 1 fully saturated rings. The molecule has 344 valence electrons. The zero-order chi connectivity index (χ0) is 46.3. The lowest BCUT2D eigenvalue weighted by atomic mass is 9.80. The minimum Gasteiger partial charge on any atom is -0.497 e. The molecule has 3 aromatic rings. The second-order valence-corrected chi connectivity index (χ2v) is 30.6. The summed E-state index contributed by atoms with van der Waals surface area (Å²) >= 11 is 0. The summed E-state index contributed by atoms with van der Waals surface area (Å²) in [6.07, 6.45) is -4.60. The molecule has 11 nitrogen and oxygen atoms in total. The van der Waals surface area contributed by atoms with Gasteiger partial charge in [0.1, 0.15) is 41.5 Å². The summed E-state index contributed by atoms with van der Waals surface area (Å²) < 4.78 is 56.2. The van der Waals surface area contributed by atoms with Crippen molar-refractivity contribution in [2.45, 2.75) is 160 Å². The molecule has 0 saturated carbocycles. The van der Waals surface area contributed by atoms with Crippen LogP contribution in [0.1, 0.15) is 92.3 Å². The first-order valence-corrected chi connectivity index (χ1v) is 28.8. The molecule has 6 atom stereocenters. The number of methoxy groups -OCH3 is 2. The molecule has 0 aliphatic carbocycles. The van der Waals surface area contributed by atoms with Gasteiger partial charge in [-0.2, -0.15) is 5.26 Å². The third-order valence-corrected chi connectivity index (χ3v) is 23.7. The van der Waals surface area contributed by atoms with Crippen LogP contribution in [-0.2, 0) is 33.0 Å². The quantitative estimate of drug-likeness (QED) is 0.0505. The fourth-order valence-corrected chi connectivity index (χ4v) is 11.5. The normalized spacial score (nSPS) is 21.0. The molecule has 1 saturated heterocycles. The highest BCUT2D eigenvalue weighted by atomic mass is 31.2. The van der Waals surface area contributed by atoms with Crippen molar-refractivity contribution < 1.29 is 42.0 Å². The van der Waals surface area contributed by atoms with E-state index in [-0.39, 0.29) is 41.8 Å². The third-order valence-electron chi connectivity index (χ3n) is 12.6. The predicted molar refractivity (Wildman–Crippen MR) is 253 cm³/mol. The number of aliphatic hydroxyl groups is 1. The summed E-state index contributed by atoms with van der Waals surface area (Å²) in [5.74, 6) is 1.42. The van der Waals surface area contributed by atoms with Crippen molar-refractivity contribution in [2.75, 3.05) is 27.4 Å². The van der Waals surface area contributed by atoms with Crippen LogP contribution in [0.4, 0.5) is 0 Å². The highest BCUT2D eigenvalue weighted by molar-refractivity contribution is 7.44. The second kappa shape index (κ2) is 21.5. The number of hydrogen-bond acceptors (Lipinski definition) is 11. The van der Waals surface area contributed by atoms with E-state index in [2.05, 4.69) is 118 Å². The molecule has 1 aliphatic rings. The molecule has 0 amide bonds. The SMILES string of the molecule is COc1ccc(C(OC[C@H]2O[C@@H](O)[C@H](O[Si](C)(C)C(C)(C)C)[C@@H](O[Si](C)(C)C(C)(C)C)[C@@H]2OP(OCCC#N)N(C(C)C)C(C)C)(c2ccccc2)c2ccc(OC)cc2)cc1. The van der Waals surface area contributed by atoms with Gasteiger partial charge in [0.05, 0.1) is 39.9 Å². The van der Waals surface area contributed by atoms with Gasteiger partial charge in [-0.15, -0.1) is 0 Å². The fourth-order valence-electron chi connectivity index (χ4n) is 7.13. The Balaban J connectivity index is 2.00. The van der Waals surface area contributed by atoms with Crippen LogP contribution in [0.3, 0.4) is 0 Å². The predicted octanol–water partition coefficient (Wildman–Crippen LogP) is 11.2. The Kier molecular flexibility index (Phi) is 18.0. The lowest BCUT2D eigenvalue weighted by molar-refractivity contribution is -0.281. The molecule has 0 spiro atoms. The van der Waals surface area contributed by atoms with E-state index in [0.29, 0.717) is 11.5 Å². The summed E-state index contributed by atoms with van der Waals surface area (Å²) in [7, 11) is -3.67. The van der Waals surface area contributed by atoms with Crippen molar-refractivity contribution in [3.05, 3.63) is 95.6 Å². The first kappa shape index (κ1) is 51.9. The van der Waals surface area contributed by atoms with Gasteiger partial charge in [0, 0.05) is 12.1 Å². The molecule has 4 rings (SSSR count). The molecular weight excluding hydrogens is 836 g/mol. The van der Waals surface area contributed by atoms with Crippen LogP contribution in [-0.4, -0.2) is 96.6 Å². The van der Waals surface area contributed by atoms with Crippen LogP contribution in [0, 0.1) is 11.3 Å². The zero-order valence-electron chi connectivity index (χ0n) is 40.2. The van der Waals surface area contributed by atoms with Gasteiger partial charge < -0.3 is 42.0 Å². The molecule has 1 unspecified atom stereocenters. The Hall–Kier alpha value is -2.71. The second-order valence-electron chi connectivity index (χ2n) is 19.7. The molecule has 0 aromatic heterocycles. The van der Waals surface area contributed by atoms with Crippen molar-refractivity contribution in [3.63, 3.8) is 0 Å². The number of ether oxygens (including phenoxy) is 4. The van der Waals surface area contributed by atoms with E-state index in [0.717, 1.165) is 16.7 Å². The molecule has 1 heterocycles. The average Bonchev–Trinajstić information content (AvgIpc) is 3.20. The van der Waals surface area contributed by atoms with Crippen LogP contribution in [0.2, 0.25) is 36.3 Å². The monoisotopic (exact) mass is 910 g/mol. The van der Waals surface area contributed by atoms with Gasteiger partial charge in [-0.25, -0.2) is 4.67 Å². The molecule has 62 heavy (non-hydrogen) atoms. The molecule has 3 aromatic carbocycles. The van der Waals surface area contributed by atoms with E-state index < -0.39 is 61.5 Å². The maximum atomic E-state index is 12.3. The molecule has 1 aliphatic heterocycles. The van der Waals surface area contributed by atoms with E-state index in [1.807, 2.05) is 66.7 Å². The maximum Gasteiger partial charge on any atom is 0.259 e. The molecule has 14 heteroatoms. The zero-order valence-corrected chi connectivity index (χ0v) is 43.1. The minimum atomic E-state index is -2.61. The Labute approximate surface area is 376 Å². The topological polar surface area (TPSA) is 121 Å². The fraction of sp³-hybridized carbons (Fsp3) is 0.604. The van der Waals surface area contributed by atoms with E-state index in [1.165, 1.54) is 0 Å². The number of rotatable bonds is 20. The van der Waals surface area contributed by atoms with Crippen LogP contribution >= 0.6 is 8.53 Å². The third kappa shape index (κ3) is 12.1. The Morgan fingerprint density at radius 3 is 1.58 bits per heavy atom. The van der Waals surface area contributed by atoms with Gasteiger partial charge in [0.2, 0.25) is 0 Å². The average molecular weight is 911 g/mol. The van der Waals surface area contributed by atoms with Gasteiger partial charge in [-0.3, -0.25) is 0 Å². The number of nitrogens with zero attached hydrogens (tertiary/aromatic N) is 2. The minimum absolute atomic E-state index is 0.0305. The van der Waals surface area contributed by atoms with Crippen molar-refractivity contribution in [1.29, 1.82) is 5.26 Å². The summed E-state index contributed by atoms with van der Waals surface area (Å²) in [5.41, 5.74) is 1.40. The van der Waals surface area contributed by atoms with E-state index >= 15 is 0 Å². The molecule has 1 N–H and O–H groups in total. The summed E-state index contributed by atoms with van der Waals surface area (Å²) in [6, 6.07) is 28.1. The highest BCUT2D eigenvalue weighted by Gasteiger charge is 2.56. The maximum absolute atomic E-state index is 12.3. The van der Waals surface area contributed by atoms with E-state index in [4.69, 9.17) is 36.8 Å². The molecule has 0 bridgehead atoms. The Morgan fingerprint density at radius 1 is 0.710 bits per heavy atom. The molecular formula is C48H75N2O9PSi2. The standard InChI is InChI=1S/C48H75N2O9PSi2/c1-34(2)50(35(3)4)60(55-32-20-31-49)57-42-41(56-45(51)44(59-62(15,16)47(8,9)10)43(42)58-61(13,14)46(5,6)7)33-54-48(36-21-18-17-19-22-36,37-23-27-39(52-11)28-24-37)38-25-29-40(53-12)30-26-38/h17-19,21-30,34-35,41-45,51H,20,32-33H2,1-16H3/t41-,42-,43+,44-,45-,60?/m1/s1.